The second kappa shape index (κ2) is 11.0. The molecule has 12 heteroatoms. The van der Waals surface area contributed by atoms with Crippen molar-refractivity contribution in [2.75, 3.05) is 0 Å². The van der Waals surface area contributed by atoms with E-state index in [0.29, 0.717) is 13.8 Å². The molecule has 0 saturated heterocycles. The zero-order valence-electron chi connectivity index (χ0n) is 25.4. The number of carbonyl (C=O) groups is 1. The number of rotatable bonds is 10. The fourth-order valence-electron chi connectivity index (χ4n) is 5.27. The number of halogens is 6. The minimum absolute atomic E-state index is 0.0695. The third kappa shape index (κ3) is 7.52. The van der Waals surface area contributed by atoms with E-state index in [2.05, 4.69) is 6.58 Å². The number of aliphatic hydroxyl groups is 2. The third-order valence-corrected chi connectivity index (χ3v) is 8.45. The van der Waals surface area contributed by atoms with Gasteiger partial charge >= 0.3 is 18.3 Å². The summed E-state index contributed by atoms with van der Waals surface area (Å²) in [5.74, 6) is -1.85. The lowest BCUT2D eigenvalue weighted by molar-refractivity contribution is -0.421. The fraction of sp³-hybridized carbons (Fsp3) is 0.893. The molecule has 2 N–H and O–H groups in total. The molecule has 1 aliphatic rings. The number of hydrogen-bond acceptors (Lipinski definition) is 6. The van der Waals surface area contributed by atoms with Crippen molar-refractivity contribution in [1.29, 1.82) is 0 Å². The first-order valence-electron chi connectivity index (χ1n) is 13.2. The number of alkyl halides is 6. The van der Waals surface area contributed by atoms with E-state index in [1.54, 1.807) is 41.5 Å². The summed E-state index contributed by atoms with van der Waals surface area (Å²) in [6.07, 6.45) is -12.4. The molecule has 6 nitrogen and oxygen atoms in total. The molecule has 0 spiro atoms. The molecular weight excluding hydrogens is 546 g/mol. The quantitative estimate of drug-likeness (QED) is 0.168. The Kier molecular flexibility index (Phi) is 10.1. The van der Waals surface area contributed by atoms with Gasteiger partial charge in [-0.1, -0.05) is 6.58 Å². The Hall–Kier alpha value is -1.37. The van der Waals surface area contributed by atoms with Crippen molar-refractivity contribution in [2.45, 2.75) is 147 Å². The van der Waals surface area contributed by atoms with Gasteiger partial charge in [0, 0.05) is 5.57 Å². The maximum Gasteiger partial charge on any atom is 0.429 e. The zero-order chi connectivity index (χ0) is 32.1. The first-order chi connectivity index (χ1) is 17.3. The highest BCUT2D eigenvalue weighted by atomic mass is 19.4. The van der Waals surface area contributed by atoms with Crippen LogP contribution in [0.5, 0.6) is 0 Å². The van der Waals surface area contributed by atoms with Gasteiger partial charge < -0.3 is 24.4 Å². The van der Waals surface area contributed by atoms with Crippen LogP contribution in [-0.4, -0.2) is 68.2 Å². The molecule has 1 rings (SSSR count). The lowest BCUT2D eigenvalue weighted by atomic mass is 9.67. The minimum atomic E-state index is -6.09. The van der Waals surface area contributed by atoms with Crippen molar-refractivity contribution >= 4 is 5.97 Å². The van der Waals surface area contributed by atoms with Crippen LogP contribution in [0.25, 0.3) is 0 Å². The zero-order valence-corrected chi connectivity index (χ0v) is 25.4. The number of hydrogen-bond donors (Lipinski definition) is 2. The molecule has 0 bridgehead atoms. The number of ether oxygens (including phenoxy) is 3. The molecule has 0 aromatic carbocycles. The van der Waals surface area contributed by atoms with E-state index in [-0.39, 0.29) is 24.8 Å². The summed E-state index contributed by atoms with van der Waals surface area (Å²) in [5, 5.41) is 20.7. The van der Waals surface area contributed by atoms with Gasteiger partial charge in [0.05, 0.1) is 22.4 Å². The molecule has 0 radical (unpaired) electrons. The Balaban J connectivity index is 3.52. The van der Waals surface area contributed by atoms with Crippen LogP contribution in [0.4, 0.5) is 26.3 Å². The van der Waals surface area contributed by atoms with Gasteiger partial charge in [-0.05, 0) is 107 Å². The van der Waals surface area contributed by atoms with Gasteiger partial charge in [0.1, 0.15) is 11.7 Å². The summed E-state index contributed by atoms with van der Waals surface area (Å²) in [4.78, 5) is 12.4. The van der Waals surface area contributed by atoms with Crippen molar-refractivity contribution in [3.05, 3.63) is 12.2 Å². The molecule has 1 fully saturated rings. The van der Waals surface area contributed by atoms with E-state index in [0.717, 1.165) is 0 Å². The Morgan fingerprint density at radius 1 is 0.700 bits per heavy atom. The van der Waals surface area contributed by atoms with Crippen LogP contribution < -0.4 is 0 Å². The molecule has 0 aliphatic heterocycles. The van der Waals surface area contributed by atoms with E-state index >= 15 is 0 Å². The van der Waals surface area contributed by atoms with Crippen LogP contribution in [0.2, 0.25) is 0 Å². The second-order valence-corrected chi connectivity index (χ2v) is 13.6. The SMILES string of the molecule is C=C(C)C(=O)OC1CC(C(C)(C)OC(C)(C)C(C)(C)O)CC(C(C)(C)OC(C)(C)C(O)(C(F)(F)F)C(F)(F)F)C1. The maximum absolute atomic E-state index is 13.7. The van der Waals surface area contributed by atoms with E-state index in [1.807, 2.05) is 0 Å². The first-order valence-corrected chi connectivity index (χ1v) is 13.2. The van der Waals surface area contributed by atoms with Crippen molar-refractivity contribution in [1.82, 2.24) is 0 Å². The van der Waals surface area contributed by atoms with Gasteiger partial charge in [0.25, 0.3) is 5.60 Å². The predicted molar refractivity (Wildman–Crippen MR) is 137 cm³/mol. The normalized spacial score (nSPS) is 22.7. The Morgan fingerprint density at radius 2 is 1.05 bits per heavy atom. The predicted octanol–water partition coefficient (Wildman–Crippen LogP) is 6.66. The maximum atomic E-state index is 13.7. The molecule has 0 aromatic heterocycles. The highest BCUT2D eigenvalue weighted by Crippen LogP contribution is 2.53. The van der Waals surface area contributed by atoms with Crippen molar-refractivity contribution in [3.8, 4) is 0 Å². The summed E-state index contributed by atoms with van der Waals surface area (Å²) in [6.45, 7) is 18.9. The fourth-order valence-corrected chi connectivity index (χ4v) is 5.27. The summed E-state index contributed by atoms with van der Waals surface area (Å²) < 4.78 is 99.8. The molecule has 3 unspecified atom stereocenters. The largest absolute Gasteiger partial charge is 0.459 e. The van der Waals surface area contributed by atoms with Crippen LogP contribution in [0, 0.1) is 11.8 Å². The van der Waals surface area contributed by atoms with Crippen molar-refractivity contribution in [2.24, 2.45) is 11.8 Å². The van der Waals surface area contributed by atoms with E-state index in [9.17, 15) is 41.4 Å². The average molecular weight is 593 g/mol. The van der Waals surface area contributed by atoms with Gasteiger partial charge in [0.15, 0.2) is 0 Å². The lowest BCUT2D eigenvalue weighted by Crippen LogP contribution is -2.71. The molecule has 1 saturated carbocycles. The molecule has 1 aliphatic carbocycles. The average Bonchev–Trinajstić information content (AvgIpc) is 2.68. The second-order valence-electron chi connectivity index (χ2n) is 13.6. The van der Waals surface area contributed by atoms with E-state index in [1.165, 1.54) is 20.8 Å². The molecule has 40 heavy (non-hydrogen) atoms. The highest BCUT2D eigenvalue weighted by molar-refractivity contribution is 5.87. The third-order valence-electron chi connectivity index (χ3n) is 8.45. The first kappa shape index (κ1) is 36.7. The molecule has 0 amide bonds. The molecular formula is C28H46F6O6. The standard InChI is InChI=1S/C28H46F6O6/c1-16(2)20(35)38-19-14-17(21(3,4)39-24(9,10)23(7,8)36)13-18(15-19)22(5,6)40-25(11,12)26(37,27(29,30)31)28(32,33)34/h17-19,36-37H,1,13-15H2,2-12H3. The molecule has 236 valence electrons. The number of esters is 1. The van der Waals surface area contributed by atoms with Crippen LogP contribution >= 0.6 is 0 Å². The summed E-state index contributed by atoms with van der Waals surface area (Å²) in [5.41, 5.74) is -13.2. The van der Waals surface area contributed by atoms with Crippen LogP contribution in [0.3, 0.4) is 0 Å². The lowest BCUT2D eigenvalue weighted by Gasteiger charge is -2.53. The van der Waals surface area contributed by atoms with Crippen molar-refractivity contribution < 1.29 is 55.6 Å². The van der Waals surface area contributed by atoms with Crippen molar-refractivity contribution in [3.63, 3.8) is 0 Å². The summed E-state index contributed by atoms with van der Waals surface area (Å²) >= 11 is 0. The van der Waals surface area contributed by atoms with Gasteiger partial charge in [0.2, 0.25) is 0 Å². The van der Waals surface area contributed by atoms with Gasteiger partial charge in [-0.15, -0.1) is 0 Å². The molecule has 3 atom stereocenters. The van der Waals surface area contributed by atoms with Crippen LogP contribution in [0.1, 0.15) is 95.4 Å². The summed E-state index contributed by atoms with van der Waals surface area (Å²) in [6, 6.07) is 0. The molecule has 0 heterocycles. The van der Waals surface area contributed by atoms with Crippen LogP contribution in [-0.2, 0) is 19.0 Å². The summed E-state index contributed by atoms with van der Waals surface area (Å²) in [7, 11) is 0. The smallest absolute Gasteiger partial charge is 0.429 e. The number of carbonyl (C=O) groups excluding carboxylic acids is 1. The van der Waals surface area contributed by atoms with Gasteiger partial charge in [-0.2, -0.15) is 26.3 Å². The van der Waals surface area contributed by atoms with E-state index < -0.39 is 69.9 Å². The molecule has 0 aromatic rings. The topological polar surface area (TPSA) is 85.2 Å². The minimum Gasteiger partial charge on any atom is -0.459 e. The Morgan fingerprint density at radius 3 is 1.35 bits per heavy atom. The van der Waals surface area contributed by atoms with Crippen LogP contribution in [0.15, 0.2) is 12.2 Å². The van der Waals surface area contributed by atoms with Gasteiger partial charge in [-0.3, -0.25) is 0 Å². The van der Waals surface area contributed by atoms with Gasteiger partial charge in [-0.25, -0.2) is 4.79 Å². The highest BCUT2D eigenvalue weighted by Gasteiger charge is 2.78. The Bertz CT molecular complexity index is 913. The Labute approximate surface area is 233 Å². The van der Waals surface area contributed by atoms with E-state index in [4.69, 9.17) is 14.2 Å². The monoisotopic (exact) mass is 592 g/mol.